The van der Waals surface area contributed by atoms with Gasteiger partial charge >= 0.3 is 5.76 Å². The Balaban J connectivity index is 1.38. The number of H-pyrrole nitrogens is 1. The third-order valence-electron chi connectivity index (χ3n) is 5.95. The molecule has 2 amide bonds. The fourth-order valence-electron chi connectivity index (χ4n) is 4.29. The van der Waals surface area contributed by atoms with E-state index in [0.717, 1.165) is 43.5 Å². The SMILES string of the molecule is O=C(Nc1ccc2oc(=O)n(CC(=O)N3CCCCC3)c2c1)c1n[nH]c2c1CCNC2. The number of carbonyl (C=O) groups excluding carboxylic acids is 2. The standard InChI is InChI=1S/C21H24N6O4/c28-18(26-8-2-1-3-9-26)12-27-16-10-13(4-5-17(16)31-21(27)30)23-20(29)19-14-6-7-22-11-15(14)24-25-19/h4-5,10,22H,1-3,6-9,11-12H2,(H,23,29)(H,24,25). The number of rotatable bonds is 4. The van der Waals surface area contributed by atoms with Crippen LogP contribution in [0.15, 0.2) is 27.4 Å². The van der Waals surface area contributed by atoms with Gasteiger partial charge in [-0.25, -0.2) is 4.79 Å². The largest absolute Gasteiger partial charge is 0.420 e. The number of nitrogens with one attached hydrogen (secondary N) is 3. The van der Waals surface area contributed by atoms with Gasteiger partial charge in [-0.1, -0.05) is 0 Å². The van der Waals surface area contributed by atoms with Gasteiger partial charge in [0.1, 0.15) is 6.54 Å². The number of fused-ring (bicyclic) bond motifs is 2. The second-order valence-electron chi connectivity index (χ2n) is 7.99. The maximum Gasteiger partial charge on any atom is 0.420 e. The zero-order valence-electron chi connectivity index (χ0n) is 17.1. The number of nitrogens with zero attached hydrogens (tertiary/aromatic N) is 3. The van der Waals surface area contributed by atoms with E-state index < -0.39 is 5.76 Å². The molecule has 4 heterocycles. The Morgan fingerprint density at radius 2 is 2.03 bits per heavy atom. The molecule has 1 fully saturated rings. The molecule has 31 heavy (non-hydrogen) atoms. The Hall–Kier alpha value is -3.40. The smallest absolute Gasteiger partial charge is 0.408 e. The molecule has 3 aromatic rings. The van der Waals surface area contributed by atoms with Crippen molar-refractivity contribution >= 4 is 28.6 Å². The summed E-state index contributed by atoms with van der Waals surface area (Å²) in [5, 5.41) is 13.2. The van der Waals surface area contributed by atoms with Crippen LogP contribution in [-0.2, 0) is 24.3 Å². The van der Waals surface area contributed by atoms with E-state index in [2.05, 4.69) is 20.8 Å². The van der Waals surface area contributed by atoms with Gasteiger partial charge in [-0.3, -0.25) is 19.3 Å². The Labute approximate surface area is 177 Å². The summed E-state index contributed by atoms with van der Waals surface area (Å²) in [5.41, 5.74) is 3.57. The molecule has 2 aliphatic heterocycles. The number of aromatic nitrogens is 3. The maximum absolute atomic E-state index is 12.8. The molecular weight excluding hydrogens is 400 g/mol. The van der Waals surface area contributed by atoms with Gasteiger partial charge in [-0.05, 0) is 50.4 Å². The molecule has 1 saturated heterocycles. The highest BCUT2D eigenvalue weighted by Crippen LogP contribution is 2.21. The van der Waals surface area contributed by atoms with Crippen LogP contribution < -0.4 is 16.4 Å². The minimum Gasteiger partial charge on any atom is -0.408 e. The monoisotopic (exact) mass is 424 g/mol. The number of carbonyl (C=O) groups is 2. The van der Waals surface area contributed by atoms with Crippen LogP contribution in [0.3, 0.4) is 0 Å². The van der Waals surface area contributed by atoms with Crippen LogP contribution in [0.4, 0.5) is 5.69 Å². The van der Waals surface area contributed by atoms with Gasteiger partial charge < -0.3 is 20.0 Å². The first-order valence-corrected chi connectivity index (χ1v) is 10.6. The Morgan fingerprint density at radius 3 is 2.87 bits per heavy atom. The first-order valence-electron chi connectivity index (χ1n) is 10.6. The van der Waals surface area contributed by atoms with E-state index in [1.54, 1.807) is 23.1 Å². The number of amides is 2. The van der Waals surface area contributed by atoms with Gasteiger partial charge in [-0.2, -0.15) is 5.10 Å². The predicted octanol–water partition coefficient (Wildman–Crippen LogP) is 1.23. The van der Waals surface area contributed by atoms with E-state index in [1.807, 2.05) is 0 Å². The summed E-state index contributed by atoms with van der Waals surface area (Å²) in [5.74, 6) is -1.01. The van der Waals surface area contributed by atoms with Crippen molar-refractivity contribution in [2.24, 2.45) is 0 Å². The first kappa shape index (κ1) is 19.6. The van der Waals surface area contributed by atoms with Gasteiger partial charge in [0.2, 0.25) is 5.91 Å². The Bertz CT molecular complexity index is 1200. The topological polar surface area (TPSA) is 125 Å². The third kappa shape index (κ3) is 3.74. The van der Waals surface area contributed by atoms with Gasteiger partial charge in [0, 0.05) is 30.9 Å². The fourth-order valence-corrected chi connectivity index (χ4v) is 4.29. The average molecular weight is 424 g/mol. The number of oxazole rings is 1. The van der Waals surface area contributed by atoms with E-state index >= 15 is 0 Å². The van der Waals surface area contributed by atoms with Crippen LogP contribution in [-0.4, -0.2) is 51.1 Å². The Kier molecular flexibility index (Phi) is 5.06. The summed E-state index contributed by atoms with van der Waals surface area (Å²) < 4.78 is 6.62. The molecule has 10 nitrogen and oxygen atoms in total. The molecular formula is C21H24N6O4. The predicted molar refractivity (Wildman–Crippen MR) is 113 cm³/mol. The summed E-state index contributed by atoms with van der Waals surface area (Å²) in [6, 6.07) is 4.95. The number of hydrogen-bond acceptors (Lipinski definition) is 6. The van der Waals surface area contributed by atoms with Crippen LogP contribution in [0, 0.1) is 0 Å². The highest BCUT2D eigenvalue weighted by Gasteiger charge is 2.23. The average Bonchev–Trinajstić information content (AvgIpc) is 3.35. The van der Waals surface area contributed by atoms with E-state index in [9.17, 15) is 14.4 Å². The lowest BCUT2D eigenvalue weighted by Gasteiger charge is -2.26. The Morgan fingerprint density at radius 1 is 1.19 bits per heavy atom. The zero-order chi connectivity index (χ0) is 21.4. The molecule has 3 N–H and O–H groups in total. The second-order valence-corrected chi connectivity index (χ2v) is 7.99. The van der Waals surface area contributed by atoms with Crippen molar-refractivity contribution in [2.75, 3.05) is 25.0 Å². The summed E-state index contributed by atoms with van der Waals surface area (Å²) in [7, 11) is 0. The molecule has 5 rings (SSSR count). The number of piperidine rings is 1. The molecule has 0 atom stereocenters. The summed E-state index contributed by atoms with van der Waals surface area (Å²) in [6.45, 7) is 2.81. The van der Waals surface area contributed by atoms with Crippen molar-refractivity contribution in [3.05, 3.63) is 45.7 Å². The van der Waals surface area contributed by atoms with Crippen LogP contribution >= 0.6 is 0 Å². The van der Waals surface area contributed by atoms with Gasteiger partial charge in [0.15, 0.2) is 11.3 Å². The normalized spacial score (nSPS) is 16.3. The number of benzene rings is 1. The van der Waals surface area contributed by atoms with E-state index in [1.165, 1.54) is 4.57 Å². The highest BCUT2D eigenvalue weighted by molar-refractivity contribution is 6.04. The molecule has 0 spiro atoms. The molecule has 1 aromatic carbocycles. The van der Waals surface area contributed by atoms with Crippen molar-refractivity contribution in [1.29, 1.82) is 0 Å². The maximum atomic E-state index is 12.8. The minimum absolute atomic E-state index is 0.0803. The van der Waals surface area contributed by atoms with Gasteiger partial charge in [-0.15, -0.1) is 0 Å². The van der Waals surface area contributed by atoms with Crippen LogP contribution in [0.5, 0.6) is 0 Å². The quantitative estimate of drug-likeness (QED) is 0.578. The van der Waals surface area contributed by atoms with E-state index in [0.29, 0.717) is 42.1 Å². The minimum atomic E-state index is -0.585. The molecule has 0 aliphatic carbocycles. The third-order valence-corrected chi connectivity index (χ3v) is 5.95. The van der Waals surface area contributed by atoms with Crippen LogP contribution in [0.2, 0.25) is 0 Å². The van der Waals surface area contributed by atoms with Crippen molar-refractivity contribution in [3.8, 4) is 0 Å². The van der Waals surface area contributed by atoms with E-state index in [4.69, 9.17) is 4.42 Å². The van der Waals surface area contributed by atoms with Crippen molar-refractivity contribution < 1.29 is 14.0 Å². The highest BCUT2D eigenvalue weighted by atomic mass is 16.4. The number of likely N-dealkylation sites (tertiary alicyclic amines) is 1. The molecule has 162 valence electrons. The molecule has 0 radical (unpaired) electrons. The molecule has 0 bridgehead atoms. The lowest BCUT2D eigenvalue weighted by atomic mass is 10.1. The molecule has 2 aliphatic rings. The molecule has 0 saturated carbocycles. The number of anilines is 1. The summed E-state index contributed by atoms with van der Waals surface area (Å²) in [4.78, 5) is 39.6. The lowest BCUT2D eigenvalue weighted by molar-refractivity contribution is -0.132. The molecule has 0 unspecified atom stereocenters. The van der Waals surface area contributed by atoms with E-state index in [-0.39, 0.29) is 18.4 Å². The summed E-state index contributed by atoms with van der Waals surface area (Å²) in [6.07, 6.45) is 3.82. The van der Waals surface area contributed by atoms with Crippen LogP contribution in [0.1, 0.15) is 41.0 Å². The zero-order valence-corrected chi connectivity index (χ0v) is 17.1. The molecule has 2 aromatic heterocycles. The molecule has 10 heteroatoms. The van der Waals surface area contributed by atoms with Crippen molar-refractivity contribution in [3.63, 3.8) is 0 Å². The van der Waals surface area contributed by atoms with Crippen molar-refractivity contribution in [1.82, 2.24) is 25.0 Å². The van der Waals surface area contributed by atoms with Crippen molar-refractivity contribution in [2.45, 2.75) is 38.8 Å². The summed E-state index contributed by atoms with van der Waals surface area (Å²) >= 11 is 0. The number of aromatic amines is 1. The van der Waals surface area contributed by atoms with Gasteiger partial charge in [0.25, 0.3) is 5.91 Å². The van der Waals surface area contributed by atoms with Crippen LogP contribution in [0.25, 0.3) is 11.1 Å². The second kappa shape index (κ2) is 8.03. The van der Waals surface area contributed by atoms with Gasteiger partial charge in [0.05, 0.1) is 11.2 Å². The fraction of sp³-hybridized carbons (Fsp3) is 0.429. The first-order chi connectivity index (χ1) is 15.1. The number of hydrogen-bond donors (Lipinski definition) is 3. The lowest BCUT2D eigenvalue weighted by Crippen LogP contribution is -2.39.